The summed E-state index contributed by atoms with van der Waals surface area (Å²) in [5, 5.41) is 2.72. The molecule has 0 saturated carbocycles. The Balaban J connectivity index is 2.28. The number of nitrogens with one attached hydrogen (secondary N) is 1. The molecule has 0 bridgehead atoms. The van der Waals surface area contributed by atoms with Crippen molar-refractivity contribution in [3.8, 4) is 0 Å². The topological polar surface area (TPSA) is 58.4 Å². The molecule has 15 heavy (non-hydrogen) atoms. The van der Waals surface area contributed by atoms with E-state index in [1.807, 2.05) is 0 Å². The van der Waals surface area contributed by atoms with Crippen LogP contribution in [0.25, 0.3) is 0 Å². The maximum atomic E-state index is 12.9. The third-order valence-electron chi connectivity index (χ3n) is 2.37. The van der Waals surface area contributed by atoms with Gasteiger partial charge in [0.15, 0.2) is 0 Å². The number of benzene rings is 1. The van der Waals surface area contributed by atoms with Gasteiger partial charge in [-0.05, 0) is 24.6 Å². The second-order valence-electron chi connectivity index (χ2n) is 3.44. The van der Waals surface area contributed by atoms with E-state index >= 15 is 0 Å². The van der Waals surface area contributed by atoms with E-state index in [9.17, 15) is 9.18 Å². The molecule has 0 unspecified atom stereocenters. The first-order valence-electron chi connectivity index (χ1n) is 4.79. The Kier molecular flexibility index (Phi) is 2.45. The molecule has 0 atom stereocenters. The fourth-order valence-electron chi connectivity index (χ4n) is 1.57. The minimum Gasteiger partial charge on any atom is -0.396 e. The van der Waals surface area contributed by atoms with Gasteiger partial charge in [0.25, 0.3) is 0 Å². The summed E-state index contributed by atoms with van der Waals surface area (Å²) in [6.45, 7) is 1.32. The standard InChI is InChI=1S/C10H12FN3O/c11-8-3-2-7(6-9(8)12)14-5-1-4-13-10(14)15/h2-3,6H,1,4-5,12H2,(H,13,15). The molecule has 4 nitrogen and oxygen atoms in total. The molecule has 1 aromatic rings. The Hall–Kier alpha value is -1.78. The summed E-state index contributed by atoms with van der Waals surface area (Å²) in [5.41, 5.74) is 6.13. The minimum absolute atomic E-state index is 0.0610. The Morgan fingerprint density at radius 3 is 2.93 bits per heavy atom. The summed E-state index contributed by atoms with van der Waals surface area (Å²) >= 11 is 0. The third kappa shape index (κ3) is 1.86. The smallest absolute Gasteiger partial charge is 0.321 e. The molecule has 1 aliphatic rings. The van der Waals surface area contributed by atoms with Crippen LogP contribution in [-0.2, 0) is 0 Å². The Labute approximate surface area is 86.9 Å². The molecule has 3 N–H and O–H groups in total. The maximum Gasteiger partial charge on any atom is 0.321 e. The third-order valence-corrected chi connectivity index (χ3v) is 2.37. The number of rotatable bonds is 1. The summed E-state index contributed by atoms with van der Waals surface area (Å²) in [7, 11) is 0. The fraction of sp³-hybridized carbons (Fsp3) is 0.300. The number of anilines is 2. The van der Waals surface area contributed by atoms with Crippen LogP contribution < -0.4 is 16.0 Å². The molecule has 1 aromatic carbocycles. The van der Waals surface area contributed by atoms with E-state index < -0.39 is 5.82 Å². The zero-order valence-electron chi connectivity index (χ0n) is 8.16. The highest BCUT2D eigenvalue weighted by Gasteiger charge is 2.19. The van der Waals surface area contributed by atoms with Crippen LogP contribution in [0.5, 0.6) is 0 Å². The number of hydrogen-bond acceptors (Lipinski definition) is 2. The lowest BCUT2D eigenvalue weighted by atomic mass is 10.2. The summed E-state index contributed by atoms with van der Waals surface area (Å²) in [5.74, 6) is -0.462. The van der Waals surface area contributed by atoms with Gasteiger partial charge < -0.3 is 11.1 Å². The quantitative estimate of drug-likeness (QED) is 0.685. The number of nitrogens with two attached hydrogens (primary N) is 1. The van der Waals surface area contributed by atoms with E-state index in [2.05, 4.69) is 5.32 Å². The second kappa shape index (κ2) is 3.76. The number of hydrogen-bond donors (Lipinski definition) is 2. The van der Waals surface area contributed by atoms with E-state index in [0.29, 0.717) is 18.8 Å². The van der Waals surface area contributed by atoms with Crippen molar-refractivity contribution < 1.29 is 9.18 Å². The molecular weight excluding hydrogens is 197 g/mol. The first-order valence-corrected chi connectivity index (χ1v) is 4.79. The monoisotopic (exact) mass is 209 g/mol. The molecule has 1 saturated heterocycles. The zero-order valence-corrected chi connectivity index (χ0v) is 8.16. The zero-order chi connectivity index (χ0) is 10.8. The summed E-state index contributed by atoms with van der Waals surface area (Å²) in [6.07, 6.45) is 0.878. The molecule has 0 aromatic heterocycles. The van der Waals surface area contributed by atoms with Crippen LogP contribution in [0.15, 0.2) is 18.2 Å². The van der Waals surface area contributed by atoms with E-state index in [1.165, 1.54) is 12.1 Å². The van der Waals surface area contributed by atoms with Crippen molar-refractivity contribution in [1.82, 2.24) is 5.32 Å². The van der Waals surface area contributed by atoms with E-state index in [1.54, 1.807) is 11.0 Å². The van der Waals surface area contributed by atoms with Gasteiger partial charge in [-0.2, -0.15) is 0 Å². The van der Waals surface area contributed by atoms with Gasteiger partial charge in [0.05, 0.1) is 5.69 Å². The number of amides is 2. The first-order chi connectivity index (χ1) is 7.18. The summed E-state index contributed by atoms with van der Waals surface area (Å²) < 4.78 is 12.9. The highest BCUT2D eigenvalue weighted by molar-refractivity contribution is 5.93. The highest BCUT2D eigenvalue weighted by atomic mass is 19.1. The van der Waals surface area contributed by atoms with Crippen molar-refractivity contribution in [2.75, 3.05) is 23.7 Å². The average molecular weight is 209 g/mol. The highest BCUT2D eigenvalue weighted by Crippen LogP contribution is 2.21. The SMILES string of the molecule is Nc1cc(N2CCCNC2=O)ccc1F. The number of nitrogen functional groups attached to an aromatic ring is 1. The van der Waals surface area contributed by atoms with Crippen LogP contribution >= 0.6 is 0 Å². The van der Waals surface area contributed by atoms with Crippen molar-refractivity contribution in [3.05, 3.63) is 24.0 Å². The molecule has 2 rings (SSSR count). The van der Waals surface area contributed by atoms with Crippen LogP contribution in [0.4, 0.5) is 20.6 Å². The van der Waals surface area contributed by atoms with E-state index in [-0.39, 0.29) is 11.7 Å². The van der Waals surface area contributed by atoms with Gasteiger partial charge in [-0.3, -0.25) is 4.90 Å². The molecule has 0 aliphatic carbocycles. The van der Waals surface area contributed by atoms with Gasteiger partial charge >= 0.3 is 6.03 Å². The minimum atomic E-state index is -0.462. The number of urea groups is 1. The summed E-state index contributed by atoms with van der Waals surface area (Å²) in [4.78, 5) is 13.0. The molecular formula is C10H12FN3O. The Bertz CT molecular complexity index is 394. The number of carbonyl (C=O) groups is 1. The normalized spacial score (nSPS) is 16.3. The van der Waals surface area contributed by atoms with Gasteiger partial charge in [-0.25, -0.2) is 9.18 Å². The van der Waals surface area contributed by atoms with Crippen LogP contribution in [-0.4, -0.2) is 19.1 Å². The lowest BCUT2D eigenvalue weighted by Gasteiger charge is -2.27. The fourth-order valence-corrected chi connectivity index (χ4v) is 1.57. The molecule has 2 amide bonds. The van der Waals surface area contributed by atoms with Crippen molar-refractivity contribution in [3.63, 3.8) is 0 Å². The second-order valence-corrected chi connectivity index (χ2v) is 3.44. The first kappa shape index (κ1) is 9.76. The van der Waals surface area contributed by atoms with Gasteiger partial charge in [-0.15, -0.1) is 0 Å². The Morgan fingerprint density at radius 2 is 2.27 bits per heavy atom. The van der Waals surface area contributed by atoms with E-state index in [4.69, 9.17) is 5.73 Å². The van der Waals surface area contributed by atoms with Gasteiger partial charge in [-0.1, -0.05) is 0 Å². The lowest BCUT2D eigenvalue weighted by molar-refractivity contribution is 0.243. The van der Waals surface area contributed by atoms with Crippen LogP contribution in [0, 0.1) is 5.82 Å². The van der Waals surface area contributed by atoms with Crippen molar-refractivity contribution >= 4 is 17.4 Å². The number of nitrogens with zero attached hydrogens (tertiary/aromatic N) is 1. The van der Waals surface area contributed by atoms with Gasteiger partial charge in [0.1, 0.15) is 5.82 Å². The van der Waals surface area contributed by atoms with Crippen LogP contribution in [0.2, 0.25) is 0 Å². The predicted octanol–water partition coefficient (Wildman–Crippen LogP) is 1.33. The largest absolute Gasteiger partial charge is 0.396 e. The maximum absolute atomic E-state index is 12.9. The van der Waals surface area contributed by atoms with E-state index in [0.717, 1.165) is 6.42 Å². The molecule has 80 valence electrons. The van der Waals surface area contributed by atoms with Crippen molar-refractivity contribution in [1.29, 1.82) is 0 Å². The lowest BCUT2D eigenvalue weighted by Crippen LogP contribution is -2.46. The molecule has 1 heterocycles. The predicted molar refractivity (Wildman–Crippen MR) is 56.2 cm³/mol. The van der Waals surface area contributed by atoms with Crippen molar-refractivity contribution in [2.24, 2.45) is 0 Å². The summed E-state index contributed by atoms with van der Waals surface area (Å²) in [6, 6.07) is 4.14. The van der Waals surface area contributed by atoms with Gasteiger partial charge in [0.2, 0.25) is 0 Å². The molecule has 1 aliphatic heterocycles. The molecule has 0 spiro atoms. The molecule has 0 radical (unpaired) electrons. The molecule has 5 heteroatoms. The van der Waals surface area contributed by atoms with Crippen LogP contribution in [0.1, 0.15) is 6.42 Å². The number of carbonyl (C=O) groups excluding carboxylic acids is 1. The average Bonchev–Trinajstić information content (AvgIpc) is 2.23. The van der Waals surface area contributed by atoms with Crippen molar-refractivity contribution in [2.45, 2.75) is 6.42 Å². The Morgan fingerprint density at radius 1 is 1.47 bits per heavy atom. The van der Waals surface area contributed by atoms with Crippen LogP contribution in [0.3, 0.4) is 0 Å². The number of halogens is 1. The van der Waals surface area contributed by atoms with Gasteiger partial charge in [0, 0.05) is 18.8 Å². The molecule has 1 fully saturated rings.